The summed E-state index contributed by atoms with van der Waals surface area (Å²) in [6.45, 7) is 0.800. The number of carboxylic acids is 1. The molecule has 1 aromatic rings. The topological polar surface area (TPSA) is 73.1 Å². The van der Waals surface area contributed by atoms with Crippen molar-refractivity contribution in [2.75, 3.05) is 11.9 Å². The number of nitriles is 1. The number of carboxylic acid groups (broad SMARTS) is 1. The van der Waals surface area contributed by atoms with E-state index < -0.39 is 5.97 Å². The third-order valence-electron chi connectivity index (χ3n) is 2.39. The first-order chi connectivity index (χ1) is 8.22. The van der Waals surface area contributed by atoms with E-state index in [0.717, 1.165) is 31.5 Å². The second kappa shape index (κ2) is 7.29. The molecule has 17 heavy (non-hydrogen) atoms. The molecule has 0 aromatic heterocycles. The number of nitrogens with zero attached hydrogens (tertiary/aromatic N) is 1. The molecule has 0 aliphatic carbocycles. The summed E-state index contributed by atoms with van der Waals surface area (Å²) in [5.41, 5.74) is 1.57. The zero-order valence-corrected chi connectivity index (χ0v) is 9.65. The van der Waals surface area contributed by atoms with Crippen LogP contribution in [0.1, 0.15) is 31.2 Å². The summed E-state index contributed by atoms with van der Waals surface area (Å²) >= 11 is 0. The first kappa shape index (κ1) is 13.0. The Hall–Kier alpha value is -2.02. The van der Waals surface area contributed by atoms with Gasteiger partial charge in [-0.1, -0.05) is 12.5 Å². The van der Waals surface area contributed by atoms with Gasteiger partial charge in [-0.2, -0.15) is 5.26 Å². The minimum atomic E-state index is -0.736. The van der Waals surface area contributed by atoms with Crippen molar-refractivity contribution in [3.8, 4) is 6.07 Å². The van der Waals surface area contributed by atoms with E-state index in [1.807, 2.05) is 12.1 Å². The van der Waals surface area contributed by atoms with Crippen LogP contribution in [0.25, 0.3) is 0 Å². The maximum absolute atomic E-state index is 10.3. The SMILES string of the molecule is N#Cc1cccc(NCCCCCC(=O)O)c1. The molecule has 1 rings (SSSR count). The van der Waals surface area contributed by atoms with Crippen molar-refractivity contribution < 1.29 is 9.90 Å². The number of unbranched alkanes of at least 4 members (excludes halogenated alkanes) is 2. The quantitative estimate of drug-likeness (QED) is 0.709. The van der Waals surface area contributed by atoms with Crippen LogP contribution in [0.5, 0.6) is 0 Å². The highest BCUT2D eigenvalue weighted by Gasteiger charge is 1.97. The highest BCUT2D eigenvalue weighted by molar-refractivity contribution is 5.66. The first-order valence-corrected chi connectivity index (χ1v) is 5.68. The van der Waals surface area contributed by atoms with Gasteiger partial charge in [0.05, 0.1) is 11.6 Å². The minimum Gasteiger partial charge on any atom is -0.481 e. The van der Waals surface area contributed by atoms with E-state index in [1.54, 1.807) is 12.1 Å². The van der Waals surface area contributed by atoms with E-state index in [0.29, 0.717) is 5.56 Å². The molecule has 4 heteroatoms. The molecule has 0 saturated carbocycles. The van der Waals surface area contributed by atoms with Gasteiger partial charge in [0.2, 0.25) is 0 Å². The zero-order chi connectivity index (χ0) is 12.5. The molecule has 0 heterocycles. The van der Waals surface area contributed by atoms with Crippen molar-refractivity contribution in [2.45, 2.75) is 25.7 Å². The average Bonchev–Trinajstić information content (AvgIpc) is 2.33. The second-order valence-electron chi connectivity index (χ2n) is 3.82. The molecular weight excluding hydrogens is 216 g/mol. The number of anilines is 1. The first-order valence-electron chi connectivity index (χ1n) is 5.68. The van der Waals surface area contributed by atoms with Crippen LogP contribution in [0.2, 0.25) is 0 Å². The Kier molecular flexibility index (Phi) is 5.59. The number of carbonyl (C=O) groups is 1. The molecule has 0 fully saturated rings. The van der Waals surface area contributed by atoms with Crippen molar-refractivity contribution in [3.63, 3.8) is 0 Å². The molecule has 0 aliphatic heterocycles. The average molecular weight is 232 g/mol. The number of aliphatic carboxylic acids is 1. The predicted octanol–water partition coefficient (Wildman–Crippen LogP) is 2.62. The standard InChI is InChI=1S/C13H16N2O2/c14-10-11-5-4-6-12(9-11)15-8-3-1-2-7-13(16)17/h4-6,9,15H,1-3,7-8H2,(H,16,17). The molecule has 0 aliphatic rings. The van der Waals surface area contributed by atoms with Crippen molar-refractivity contribution in [1.82, 2.24) is 0 Å². The van der Waals surface area contributed by atoms with Crippen molar-refractivity contribution in [3.05, 3.63) is 29.8 Å². The zero-order valence-electron chi connectivity index (χ0n) is 9.65. The Labute approximate surface area is 101 Å². The monoisotopic (exact) mass is 232 g/mol. The van der Waals surface area contributed by atoms with Crippen LogP contribution < -0.4 is 5.32 Å². The van der Waals surface area contributed by atoms with Crippen LogP contribution >= 0.6 is 0 Å². The Morgan fingerprint density at radius 2 is 2.18 bits per heavy atom. The number of benzene rings is 1. The van der Waals surface area contributed by atoms with Gasteiger partial charge in [0.1, 0.15) is 0 Å². The molecule has 0 unspecified atom stereocenters. The minimum absolute atomic E-state index is 0.240. The van der Waals surface area contributed by atoms with Crippen LogP contribution in [-0.4, -0.2) is 17.6 Å². The fraction of sp³-hybridized carbons (Fsp3) is 0.385. The summed E-state index contributed by atoms with van der Waals surface area (Å²) in [5, 5.41) is 20.4. The van der Waals surface area contributed by atoms with E-state index in [4.69, 9.17) is 10.4 Å². The Balaban J connectivity index is 2.18. The molecule has 1 aromatic carbocycles. The van der Waals surface area contributed by atoms with Gasteiger partial charge in [-0.15, -0.1) is 0 Å². The molecule has 0 spiro atoms. The lowest BCUT2D eigenvalue weighted by atomic mass is 10.2. The van der Waals surface area contributed by atoms with Gasteiger partial charge in [-0.25, -0.2) is 0 Å². The summed E-state index contributed by atoms with van der Waals surface area (Å²) in [7, 11) is 0. The Bertz CT molecular complexity index is 410. The third kappa shape index (κ3) is 5.57. The maximum atomic E-state index is 10.3. The molecule has 0 radical (unpaired) electrons. The van der Waals surface area contributed by atoms with E-state index in [1.165, 1.54) is 0 Å². The molecule has 0 amide bonds. The van der Waals surface area contributed by atoms with Crippen molar-refractivity contribution in [2.24, 2.45) is 0 Å². The van der Waals surface area contributed by atoms with Crippen LogP contribution in [-0.2, 0) is 4.79 Å². The van der Waals surface area contributed by atoms with E-state index in [2.05, 4.69) is 11.4 Å². The fourth-order valence-electron chi connectivity index (χ4n) is 1.51. The Morgan fingerprint density at radius 1 is 1.35 bits per heavy atom. The smallest absolute Gasteiger partial charge is 0.303 e. The normalized spacial score (nSPS) is 9.59. The number of hydrogen-bond donors (Lipinski definition) is 2. The summed E-state index contributed by atoms with van der Waals surface area (Å²) in [6, 6.07) is 9.40. The van der Waals surface area contributed by atoms with E-state index in [9.17, 15) is 4.79 Å². The third-order valence-corrected chi connectivity index (χ3v) is 2.39. The second-order valence-corrected chi connectivity index (χ2v) is 3.82. The van der Waals surface area contributed by atoms with Gasteiger partial charge in [0.25, 0.3) is 0 Å². The lowest BCUT2D eigenvalue weighted by Gasteiger charge is -2.05. The molecule has 90 valence electrons. The van der Waals surface area contributed by atoms with Crippen molar-refractivity contribution >= 4 is 11.7 Å². The largest absolute Gasteiger partial charge is 0.481 e. The highest BCUT2D eigenvalue weighted by Crippen LogP contribution is 2.10. The highest BCUT2D eigenvalue weighted by atomic mass is 16.4. The number of hydrogen-bond acceptors (Lipinski definition) is 3. The van der Waals surface area contributed by atoms with Gasteiger partial charge in [-0.3, -0.25) is 4.79 Å². The van der Waals surface area contributed by atoms with Crippen LogP contribution in [0.4, 0.5) is 5.69 Å². The molecule has 0 saturated heterocycles. The lowest BCUT2D eigenvalue weighted by Crippen LogP contribution is -2.02. The van der Waals surface area contributed by atoms with Crippen LogP contribution in [0, 0.1) is 11.3 Å². The summed E-state index contributed by atoms with van der Waals surface area (Å²) in [5.74, 6) is -0.736. The summed E-state index contributed by atoms with van der Waals surface area (Å²) in [6.07, 6.45) is 2.79. The van der Waals surface area contributed by atoms with Gasteiger partial charge >= 0.3 is 5.97 Å². The van der Waals surface area contributed by atoms with Gasteiger partial charge < -0.3 is 10.4 Å². The van der Waals surface area contributed by atoms with Crippen LogP contribution in [0.3, 0.4) is 0 Å². The fourth-order valence-corrected chi connectivity index (χ4v) is 1.51. The maximum Gasteiger partial charge on any atom is 0.303 e. The number of rotatable bonds is 7. The molecular formula is C13H16N2O2. The molecule has 4 nitrogen and oxygen atoms in total. The predicted molar refractivity (Wildman–Crippen MR) is 65.8 cm³/mol. The van der Waals surface area contributed by atoms with E-state index in [-0.39, 0.29) is 6.42 Å². The van der Waals surface area contributed by atoms with Gasteiger partial charge in [0.15, 0.2) is 0 Å². The number of nitrogens with one attached hydrogen (secondary N) is 1. The lowest BCUT2D eigenvalue weighted by molar-refractivity contribution is -0.137. The molecule has 0 bridgehead atoms. The van der Waals surface area contributed by atoms with Crippen molar-refractivity contribution in [1.29, 1.82) is 5.26 Å². The summed E-state index contributed by atoms with van der Waals surface area (Å²) < 4.78 is 0. The van der Waals surface area contributed by atoms with Gasteiger partial charge in [-0.05, 0) is 31.0 Å². The molecule has 2 N–H and O–H groups in total. The van der Waals surface area contributed by atoms with Gasteiger partial charge in [0, 0.05) is 18.7 Å². The van der Waals surface area contributed by atoms with E-state index >= 15 is 0 Å². The summed E-state index contributed by atoms with van der Waals surface area (Å²) in [4.78, 5) is 10.3. The Morgan fingerprint density at radius 3 is 2.88 bits per heavy atom. The molecule has 0 atom stereocenters. The van der Waals surface area contributed by atoms with Crippen LogP contribution in [0.15, 0.2) is 24.3 Å².